The van der Waals surface area contributed by atoms with E-state index in [4.69, 9.17) is 0 Å². The lowest BCUT2D eigenvalue weighted by Gasteiger charge is -2.22. The molecule has 0 aliphatic carbocycles. The zero-order valence-corrected chi connectivity index (χ0v) is 16.2. The monoisotopic (exact) mass is 348 g/mol. The van der Waals surface area contributed by atoms with Crippen LogP contribution in [-0.2, 0) is 9.59 Å². The predicted molar refractivity (Wildman–Crippen MR) is 104 cm³/mol. The van der Waals surface area contributed by atoms with Gasteiger partial charge in [-0.2, -0.15) is 0 Å². The van der Waals surface area contributed by atoms with E-state index in [9.17, 15) is 9.59 Å². The smallest absolute Gasteiger partial charge is 0.243 e. The Balaban J connectivity index is 2.57. The number of anilines is 2. The summed E-state index contributed by atoms with van der Waals surface area (Å²) in [6, 6.07) is 7.80. The molecular formula is C19H32N4O2. The third-order valence-corrected chi connectivity index (χ3v) is 4.09. The molecular weight excluding hydrogens is 316 g/mol. The van der Waals surface area contributed by atoms with Crippen LogP contribution in [0.2, 0.25) is 0 Å². The fraction of sp³-hybridized carbons (Fsp3) is 0.579. The lowest BCUT2D eigenvalue weighted by atomic mass is 10.2. The van der Waals surface area contributed by atoms with Crippen LogP contribution in [0, 0.1) is 0 Å². The quantitative estimate of drug-likeness (QED) is 0.705. The lowest BCUT2D eigenvalue weighted by molar-refractivity contribution is -0.132. The Morgan fingerprint density at radius 2 is 1.60 bits per heavy atom. The van der Waals surface area contributed by atoms with E-state index < -0.39 is 0 Å². The second-order valence-electron chi connectivity index (χ2n) is 6.36. The molecule has 0 fully saturated rings. The Labute approximate surface area is 151 Å². The largest absolute Gasteiger partial charge is 0.372 e. The van der Waals surface area contributed by atoms with E-state index in [-0.39, 0.29) is 18.4 Å². The van der Waals surface area contributed by atoms with Gasteiger partial charge in [0, 0.05) is 37.9 Å². The van der Waals surface area contributed by atoms with Gasteiger partial charge in [0.15, 0.2) is 0 Å². The molecule has 0 saturated heterocycles. The van der Waals surface area contributed by atoms with Crippen molar-refractivity contribution in [2.24, 2.45) is 0 Å². The van der Waals surface area contributed by atoms with Crippen molar-refractivity contribution in [1.29, 1.82) is 0 Å². The first-order valence-corrected chi connectivity index (χ1v) is 8.92. The normalized spacial score (nSPS) is 10.6. The van der Waals surface area contributed by atoms with Crippen LogP contribution in [0.3, 0.4) is 0 Å². The summed E-state index contributed by atoms with van der Waals surface area (Å²) in [5.74, 6) is -0.249. The molecule has 1 aromatic rings. The zero-order chi connectivity index (χ0) is 18.8. The van der Waals surface area contributed by atoms with Gasteiger partial charge in [0.05, 0.1) is 6.54 Å². The maximum Gasteiger partial charge on any atom is 0.243 e. The van der Waals surface area contributed by atoms with Crippen molar-refractivity contribution in [3.8, 4) is 0 Å². The number of nitrogens with one attached hydrogen (secondary N) is 1. The summed E-state index contributed by atoms with van der Waals surface area (Å²) in [7, 11) is 3.99. The first kappa shape index (κ1) is 21.0. The highest BCUT2D eigenvalue weighted by Gasteiger charge is 2.13. The topological polar surface area (TPSA) is 55.9 Å². The molecule has 0 unspecified atom stereocenters. The maximum atomic E-state index is 12.2. The van der Waals surface area contributed by atoms with Gasteiger partial charge in [0.25, 0.3) is 0 Å². The number of carbonyl (C=O) groups is 2. The van der Waals surface area contributed by atoms with Crippen LogP contribution in [0.4, 0.5) is 11.4 Å². The van der Waals surface area contributed by atoms with Gasteiger partial charge in [0.2, 0.25) is 11.8 Å². The Hall–Kier alpha value is -2.08. The van der Waals surface area contributed by atoms with Gasteiger partial charge in [-0.05, 0) is 65.2 Å². The van der Waals surface area contributed by atoms with Crippen molar-refractivity contribution in [2.75, 3.05) is 57.0 Å². The number of amides is 2. The molecule has 1 aromatic carbocycles. The minimum Gasteiger partial charge on any atom is -0.372 e. The number of rotatable bonds is 10. The maximum absolute atomic E-state index is 12.2. The number of hydrogen-bond acceptors (Lipinski definition) is 4. The molecule has 0 aromatic heterocycles. The second kappa shape index (κ2) is 10.7. The minimum absolute atomic E-state index is 0.0780. The third kappa shape index (κ3) is 7.56. The summed E-state index contributed by atoms with van der Waals surface area (Å²) in [6.07, 6.45) is 0.846. The SMILES string of the molecule is CCN(CC)c1ccc(NC(=O)CN(CCCN(C)C)C(C)=O)cc1. The van der Waals surface area contributed by atoms with E-state index in [1.807, 2.05) is 38.4 Å². The van der Waals surface area contributed by atoms with E-state index in [2.05, 4.69) is 29.0 Å². The van der Waals surface area contributed by atoms with Gasteiger partial charge < -0.3 is 20.0 Å². The van der Waals surface area contributed by atoms with E-state index in [0.717, 1.165) is 37.4 Å². The molecule has 0 radical (unpaired) electrons. The summed E-state index contributed by atoms with van der Waals surface area (Å²) < 4.78 is 0. The van der Waals surface area contributed by atoms with Crippen LogP contribution < -0.4 is 10.2 Å². The Bertz CT molecular complexity index is 539. The average Bonchev–Trinajstić information content (AvgIpc) is 2.56. The molecule has 25 heavy (non-hydrogen) atoms. The van der Waals surface area contributed by atoms with Crippen LogP contribution in [0.5, 0.6) is 0 Å². The average molecular weight is 348 g/mol. The van der Waals surface area contributed by atoms with E-state index in [1.165, 1.54) is 6.92 Å². The third-order valence-electron chi connectivity index (χ3n) is 4.09. The molecule has 0 heterocycles. The second-order valence-corrected chi connectivity index (χ2v) is 6.36. The van der Waals surface area contributed by atoms with Gasteiger partial charge in [-0.1, -0.05) is 0 Å². The fourth-order valence-electron chi connectivity index (χ4n) is 2.64. The highest BCUT2D eigenvalue weighted by atomic mass is 16.2. The van der Waals surface area contributed by atoms with Crippen molar-refractivity contribution in [2.45, 2.75) is 27.2 Å². The fourth-order valence-corrected chi connectivity index (χ4v) is 2.64. The van der Waals surface area contributed by atoms with Gasteiger partial charge in [0.1, 0.15) is 0 Å². The van der Waals surface area contributed by atoms with Crippen molar-refractivity contribution in [1.82, 2.24) is 9.80 Å². The number of nitrogens with zero attached hydrogens (tertiary/aromatic N) is 3. The van der Waals surface area contributed by atoms with E-state index in [0.29, 0.717) is 6.54 Å². The Morgan fingerprint density at radius 3 is 2.08 bits per heavy atom. The summed E-state index contributed by atoms with van der Waals surface area (Å²) >= 11 is 0. The van der Waals surface area contributed by atoms with Gasteiger partial charge >= 0.3 is 0 Å². The summed E-state index contributed by atoms with van der Waals surface area (Å²) in [4.78, 5) is 29.8. The van der Waals surface area contributed by atoms with Crippen molar-refractivity contribution < 1.29 is 9.59 Å². The number of hydrogen-bond donors (Lipinski definition) is 1. The van der Waals surface area contributed by atoms with Crippen molar-refractivity contribution >= 4 is 23.2 Å². The van der Waals surface area contributed by atoms with Gasteiger partial charge in [-0.25, -0.2) is 0 Å². The molecule has 2 amide bonds. The predicted octanol–water partition coefficient (Wildman–Crippen LogP) is 2.27. The van der Waals surface area contributed by atoms with Crippen LogP contribution in [-0.4, -0.2) is 68.4 Å². The molecule has 0 saturated carbocycles. The molecule has 0 aliphatic heterocycles. The van der Waals surface area contributed by atoms with Crippen LogP contribution in [0.1, 0.15) is 27.2 Å². The van der Waals surface area contributed by atoms with E-state index in [1.54, 1.807) is 4.90 Å². The molecule has 0 atom stereocenters. The number of benzene rings is 1. The van der Waals surface area contributed by atoms with Crippen LogP contribution >= 0.6 is 0 Å². The zero-order valence-electron chi connectivity index (χ0n) is 16.2. The first-order chi connectivity index (χ1) is 11.9. The molecule has 1 N–H and O–H groups in total. The number of carbonyl (C=O) groups excluding carboxylic acids is 2. The summed E-state index contributed by atoms with van der Waals surface area (Å²) in [5.41, 5.74) is 1.88. The van der Waals surface area contributed by atoms with Crippen molar-refractivity contribution in [3.63, 3.8) is 0 Å². The molecule has 140 valence electrons. The summed E-state index contributed by atoms with van der Waals surface area (Å²) in [6.45, 7) is 9.19. The molecule has 0 bridgehead atoms. The highest BCUT2D eigenvalue weighted by Crippen LogP contribution is 2.17. The highest BCUT2D eigenvalue weighted by molar-refractivity contribution is 5.94. The molecule has 0 spiro atoms. The van der Waals surface area contributed by atoms with Crippen LogP contribution in [0.25, 0.3) is 0 Å². The van der Waals surface area contributed by atoms with Gasteiger partial charge in [-0.3, -0.25) is 9.59 Å². The van der Waals surface area contributed by atoms with Crippen LogP contribution in [0.15, 0.2) is 24.3 Å². The van der Waals surface area contributed by atoms with Crippen molar-refractivity contribution in [3.05, 3.63) is 24.3 Å². The molecule has 6 nitrogen and oxygen atoms in total. The lowest BCUT2D eigenvalue weighted by Crippen LogP contribution is -2.38. The standard InChI is InChI=1S/C19H32N4O2/c1-6-22(7-2)18-11-9-17(10-12-18)20-19(25)15-23(16(3)24)14-8-13-21(4)5/h9-12H,6-8,13-15H2,1-5H3,(H,20,25). The summed E-state index contributed by atoms with van der Waals surface area (Å²) in [5, 5.41) is 2.87. The molecule has 0 aliphatic rings. The Kier molecular flexibility index (Phi) is 8.99. The van der Waals surface area contributed by atoms with E-state index >= 15 is 0 Å². The Morgan fingerprint density at radius 1 is 1.00 bits per heavy atom. The first-order valence-electron chi connectivity index (χ1n) is 8.92. The molecule has 1 rings (SSSR count). The van der Waals surface area contributed by atoms with Gasteiger partial charge in [-0.15, -0.1) is 0 Å². The minimum atomic E-state index is -0.171. The molecule has 6 heteroatoms.